The van der Waals surface area contributed by atoms with Gasteiger partial charge in [0.25, 0.3) is 0 Å². The number of carboxylic acids is 1. The van der Waals surface area contributed by atoms with Crippen molar-refractivity contribution in [3.05, 3.63) is 30.5 Å². The fourth-order valence-electron chi connectivity index (χ4n) is 3.11. The van der Waals surface area contributed by atoms with E-state index in [2.05, 4.69) is 25.1 Å². The van der Waals surface area contributed by atoms with E-state index in [4.69, 9.17) is 5.11 Å². The molecule has 3 aromatic rings. The highest BCUT2D eigenvalue weighted by Gasteiger charge is 2.33. The number of anilines is 2. The third kappa shape index (κ3) is 5.02. The number of aromatic nitrogens is 5. The number of aliphatic carboxylic acids is 1. The summed E-state index contributed by atoms with van der Waals surface area (Å²) in [5.41, 5.74) is 0.388. The van der Waals surface area contributed by atoms with E-state index in [9.17, 15) is 18.0 Å². The average Bonchev–Trinajstić information content (AvgIpc) is 3.36. The molecule has 4 rings (SSSR count). The molecular weight excluding hydrogens is 439 g/mol. The zero-order valence-corrected chi connectivity index (χ0v) is 16.7. The number of benzene rings is 1. The van der Waals surface area contributed by atoms with E-state index in [0.29, 0.717) is 41.9 Å². The number of hydrogen-bond acceptors (Lipinski definition) is 9. The standard InChI is InChI=1S/C17H16F3N7O3S/c18-17(19,20)30-12-4-2-1-3-11(12)25-5-7-26(8-6-25)16-21-9-13(31-16)15-22-24-27(23-15)10-14(28)29/h1-4,9H,5-8,10H2,(H,28,29). The molecule has 0 spiro atoms. The lowest BCUT2D eigenvalue weighted by Crippen LogP contribution is -2.46. The predicted octanol–water partition coefficient (Wildman–Crippen LogP) is 2.11. The van der Waals surface area contributed by atoms with Crippen molar-refractivity contribution in [1.29, 1.82) is 0 Å². The van der Waals surface area contributed by atoms with Gasteiger partial charge in [-0.05, 0) is 17.3 Å². The van der Waals surface area contributed by atoms with Crippen molar-refractivity contribution in [3.8, 4) is 16.5 Å². The molecule has 0 radical (unpaired) electrons. The number of piperazine rings is 1. The lowest BCUT2D eigenvalue weighted by Gasteiger charge is -2.36. The molecule has 2 aromatic heterocycles. The van der Waals surface area contributed by atoms with Gasteiger partial charge in [0, 0.05) is 26.2 Å². The van der Waals surface area contributed by atoms with Crippen molar-refractivity contribution in [2.45, 2.75) is 12.9 Å². The normalized spacial score (nSPS) is 14.7. The number of tetrazole rings is 1. The Balaban J connectivity index is 1.41. The van der Waals surface area contributed by atoms with Crippen molar-refractivity contribution in [3.63, 3.8) is 0 Å². The van der Waals surface area contributed by atoms with E-state index in [0.717, 1.165) is 4.80 Å². The van der Waals surface area contributed by atoms with Crippen LogP contribution in [0.25, 0.3) is 10.7 Å². The van der Waals surface area contributed by atoms with Gasteiger partial charge in [-0.1, -0.05) is 23.5 Å². The Morgan fingerprint density at radius 1 is 1.16 bits per heavy atom. The first-order valence-corrected chi connectivity index (χ1v) is 9.90. The van der Waals surface area contributed by atoms with Crippen LogP contribution in [0, 0.1) is 0 Å². The lowest BCUT2D eigenvalue weighted by atomic mass is 10.2. The van der Waals surface area contributed by atoms with Gasteiger partial charge in [0.2, 0.25) is 5.82 Å². The first-order valence-electron chi connectivity index (χ1n) is 9.09. The van der Waals surface area contributed by atoms with Crippen LogP contribution in [0.2, 0.25) is 0 Å². The predicted molar refractivity (Wildman–Crippen MR) is 104 cm³/mol. The highest BCUT2D eigenvalue weighted by molar-refractivity contribution is 7.18. The Labute approximate surface area is 177 Å². The minimum atomic E-state index is -4.75. The average molecular weight is 455 g/mol. The van der Waals surface area contributed by atoms with Gasteiger partial charge in [-0.15, -0.1) is 23.4 Å². The second-order valence-electron chi connectivity index (χ2n) is 6.53. The van der Waals surface area contributed by atoms with Crippen LogP contribution in [0.5, 0.6) is 5.75 Å². The molecule has 0 bridgehead atoms. The molecule has 1 fully saturated rings. The summed E-state index contributed by atoms with van der Waals surface area (Å²) in [5.74, 6) is -1.02. The van der Waals surface area contributed by atoms with Gasteiger partial charge in [-0.25, -0.2) is 4.98 Å². The first kappa shape index (κ1) is 20.8. The summed E-state index contributed by atoms with van der Waals surface area (Å²) in [4.78, 5) is 20.6. The van der Waals surface area contributed by atoms with Gasteiger partial charge >= 0.3 is 12.3 Å². The monoisotopic (exact) mass is 455 g/mol. The molecule has 1 aliphatic heterocycles. The fourth-order valence-corrected chi connectivity index (χ4v) is 4.00. The summed E-state index contributed by atoms with van der Waals surface area (Å²) < 4.78 is 42.2. The summed E-state index contributed by atoms with van der Waals surface area (Å²) in [6.45, 7) is 1.68. The number of nitrogens with zero attached hydrogens (tertiary/aromatic N) is 7. The maximum atomic E-state index is 12.7. The summed E-state index contributed by atoms with van der Waals surface area (Å²) in [7, 11) is 0. The molecule has 1 saturated heterocycles. The molecule has 1 aliphatic rings. The molecule has 0 amide bonds. The minimum Gasteiger partial charge on any atom is -0.480 e. The maximum Gasteiger partial charge on any atom is 0.573 e. The third-order valence-electron chi connectivity index (χ3n) is 4.43. The molecule has 1 N–H and O–H groups in total. The zero-order chi connectivity index (χ0) is 22.0. The minimum absolute atomic E-state index is 0.226. The Kier molecular flexibility index (Phi) is 5.63. The molecule has 14 heteroatoms. The number of rotatable bonds is 6. The number of para-hydroxylation sites is 2. The molecule has 0 unspecified atom stereocenters. The Morgan fingerprint density at radius 3 is 2.58 bits per heavy atom. The van der Waals surface area contributed by atoms with Crippen molar-refractivity contribution in [1.82, 2.24) is 25.2 Å². The Bertz CT molecular complexity index is 1060. The van der Waals surface area contributed by atoms with Crippen LogP contribution < -0.4 is 14.5 Å². The molecule has 1 aromatic carbocycles. The van der Waals surface area contributed by atoms with Crippen LogP contribution in [0.1, 0.15) is 0 Å². The second-order valence-corrected chi connectivity index (χ2v) is 7.54. The number of carbonyl (C=O) groups is 1. The number of carboxylic acid groups (broad SMARTS) is 1. The van der Waals surface area contributed by atoms with Crippen LogP contribution in [0.4, 0.5) is 24.0 Å². The summed E-state index contributed by atoms with van der Waals surface area (Å²) in [6, 6.07) is 6.07. The molecule has 0 saturated carbocycles. The highest BCUT2D eigenvalue weighted by Crippen LogP contribution is 2.34. The van der Waals surface area contributed by atoms with Gasteiger partial charge in [-0.3, -0.25) is 4.79 Å². The van der Waals surface area contributed by atoms with Gasteiger partial charge in [0.15, 0.2) is 17.4 Å². The van der Waals surface area contributed by atoms with E-state index in [1.54, 1.807) is 18.3 Å². The number of ether oxygens (including phenoxy) is 1. The molecule has 0 atom stereocenters. The SMILES string of the molecule is O=C(O)Cn1nnc(-c2cnc(N3CCN(c4ccccc4OC(F)(F)F)CC3)s2)n1. The highest BCUT2D eigenvalue weighted by atomic mass is 32.1. The number of alkyl halides is 3. The van der Waals surface area contributed by atoms with Crippen molar-refractivity contribution >= 4 is 28.1 Å². The van der Waals surface area contributed by atoms with Crippen LogP contribution in [0.15, 0.2) is 30.5 Å². The molecule has 3 heterocycles. The smallest absolute Gasteiger partial charge is 0.480 e. The van der Waals surface area contributed by atoms with E-state index in [1.165, 1.54) is 23.5 Å². The largest absolute Gasteiger partial charge is 0.573 e. The Morgan fingerprint density at radius 2 is 1.87 bits per heavy atom. The number of halogens is 3. The van der Waals surface area contributed by atoms with Crippen molar-refractivity contribution in [2.75, 3.05) is 36.0 Å². The maximum absolute atomic E-state index is 12.7. The quantitative estimate of drug-likeness (QED) is 0.598. The van der Waals surface area contributed by atoms with E-state index >= 15 is 0 Å². The van der Waals surface area contributed by atoms with Crippen LogP contribution >= 0.6 is 11.3 Å². The first-order chi connectivity index (χ1) is 14.8. The third-order valence-corrected chi connectivity index (χ3v) is 5.48. The van der Waals surface area contributed by atoms with E-state index < -0.39 is 12.3 Å². The lowest BCUT2D eigenvalue weighted by molar-refractivity contribution is -0.274. The topological polar surface area (TPSA) is 109 Å². The number of hydrogen-bond donors (Lipinski definition) is 1. The van der Waals surface area contributed by atoms with Gasteiger partial charge in [0.05, 0.1) is 16.8 Å². The van der Waals surface area contributed by atoms with E-state index in [1.807, 2.05) is 9.80 Å². The summed E-state index contributed by atoms with van der Waals surface area (Å²) in [6.07, 6.45) is -3.17. The van der Waals surface area contributed by atoms with Crippen LogP contribution in [0.3, 0.4) is 0 Å². The van der Waals surface area contributed by atoms with Crippen LogP contribution in [-0.4, -0.2) is 68.8 Å². The molecule has 10 nitrogen and oxygen atoms in total. The molecule has 164 valence electrons. The van der Waals surface area contributed by atoms with Gasteiger partial charge < -0.3 is 19.6 Å². The van der Waals surface area contributed by atoms with Gasteiger partial charge in [0.1, 0.15) is 0 Å². The van der Waals surface area contributed by atoms with Crippen LogP contribution in [-0.2, 0) is 11.3 Å². The van der Waals surface area contributed by atoms with Crippen molar-refractivity contribution in [2.24, 2.45) is 0 Å². The van der Waals surface area contributed by atoms with Gasteiger partial charge in [-0.2, -0.15) is 4.80 Å². The summed E-state index contributed by atoms with van der Waals surface area (Å²) in [5, 5.41) is 21.1. The molecule has 31 heavy (non-hydrogen) atoms. The molecule has 0 aliphatic carbocycles. The van der Waals surface area contributed by atoms with Crippen molar-refractivity contribution < 1.29 is 27.8 Å². The zero-order valence-electron chi connectivity index (χ0n) is 15.9. The summed E-state index contributed by atoms with van der Waals surface area (Å²) >= 11 is 1.33. The number of thiazole rings is 1. The molecular formula is C17H16F3N7O3S. The fraction of sp³-hybridized carbons (Fsp3) is 0.353. The van der Waals surface area contributed by atoms with E-state index in [-0.39, 0.29) is 18.1 Å². The second kappa shape index (κ2) is 8.37. The Hall–Kier alpha value is -3.42.